The highest BCUT2D eigenvalue weighted by atomic mass is 16.3. The van der Waals surface area contributed by atoms with Crippen molar-refractivity contribution in [2.24, 2.45) is 0 Å². The van der Waals surface area contributed by atoms with Crippen molar-refractivity contribution < 1.29 is 4.42 Å². The van der Waals surface area contributed by atoms with Gasteiger partial charge in [0.05, 0.1) is 11.0 Å². The fraction of sp³-hybridized carbons (Fsp3) is 0.0189. The van der Waals surface area contributed by atoms with Gasteiger partial charge in [0, 0.05) is 33.2 Å². The van der Waals surface area contributed by atoms with Crippen LogP contribution in [0.15, 0.2) is 199 Å². The van der Waals surface area contributed by atoms with Crippen LogP contribution in [-0.2, 0) is 0 Å². The molecule has 0 saturated carbocycles. The molecule has 1 aliphatic carbocycles. The van der Waals surface area contributed by atoms with Gasteiger partial charge in [-0.2, -0.15) is 0 Å². The molecule has 2 heteroatoms. The standard InChI is InChI=1S/C53H33NO/c1-2-13-38(14-3-1)54-49-20-10-8-17-42(49)43-26-23-35(32-50(43)54)33-22-25-41-40-16-6-7-19-45(40)53(48(41)30-33)47-31-37(28-36-12-4-5-15-39(36)47)34-24-27-52-46(29-34)44-18-9-11-21-51(44)55-52/h1-32,53H. The fourth-order valence-electron chi connectivity index (χ4n) is 9.38. The Morgan fingerprint density at radius 3 is 1.91 bits per heavy atom. The Hall–Kier alpha value is -7.16. The van der Waals surface area contributed by atoms with Gasteiger partial charge in [0.1, 0.15) is 11.2 Å². The van der Waals surface area contributed by atoms with Crippen LogP contribution in [0.2, 0.25) is 0 Å². The van der Waals surface area contributed by atoms with E-state index in [1.54, 1.807) is 0 Å². The van der Waals surface area contributed by atoms with Crippen LogP contribution in [0, 0.1) is 0 Å². The topological polar surface area (TPSA) is 18.1 Å². The Morgan fingerprint density at radius 1 is 0.345 bits per heavy atom. The Labute approximate surface area is 318 Å². The van der Waals surface area contributed by atoms with Gasteiger partial charge >= 0.3 is 0 Å². The van der Waals surface area contributed by atoms with Gasteiger partial charge in [-0.1, -0.05) is 133 Å². The van der Waals surface area contributed by atoms with Crippen LogP contribution in [-0.4, -0.2) is 4.57 Å². The van der Waals surface area contributed by atoms with Crippen molar-refractivity contribution in [2.75, 3.05) is 0 Å². The molecule has 0 amide bonds. The first-order chi connectivity index (χ1) is 27.3. The molecule has 0 aliphatic heterocycles. The van der Waals surface area contributed by atoms with Gasteiger partial charge in [-0.05, 0) is 122 Å². The summed E-state index contributed by atoms with van der Waals surface area (Å²) in [5.74, 6) is 0.0778. The lowest BCUT2D eigenvalue weighted by molar-refractivity contribution is 0.669. The lowest BCUT2D eigenvalue weighted by atomic mass is 9.83. The highest BCUT2D eigenvalue weighted by molar-refractivity contribution is 6.10. The third kappa shape index (κ3) is 4.55. The summed E-state index contributed by atoms with van der Waals surface area (Å²) in [4.78, 5) is 0. The Morgan fingerprint density at radius 2 is 0.982 bits per heavy atom. The van der Waals surface area contributed by atoms with Crippen molar-refractivity contribution in [2.45, 2.75) is 5.92 Å². The molecule has 0 saturated heterocycles. The molecular formula is C53H33NO. The van der Waals surface area contributed by atoms with Crippen molar-refractivity contribution in [3.63, 3.8) is 0 Å². The predicted molar refractivity (Wildman–Crippen MR) is 229 cm³/mol. The number of fused-ring (bicyclic) bond motifs is 10. The average molecular weight is 700 g/mol. The minimum absolute atomic E-state index is 0.0778. The van der Waals surface area contributed by atoms with Crippen molar-refractivity contribution >= 4 is 54.5 Å². The second kappa shape index (κ2) is 11.7. The maximum Gasteiger partial charge on any atom is 0.135 e. The van der Waals surface area contributed by atoms with Gasteiger partial charge in [0.2, 0.25) is 0 Å². The first-order valence-electron chi connectivity index (χ1n) is 19.0. The molecule has 0 bridgehead atoms. The molecule has 12 rings (SSSR count). The van der Waals surface area contributed by atoms with Crippen LogP contribution < -0.4 is 0 Å². The van der Waals surface area contributed by atoms with Crippen LogP contribution in [0.3, 0.4) is 0 Å². The Kier molecular flexibility index (Phi) is 6.43. The second-order valence-corrected chi connectivity index (χ2v) is 14.8. The monoisotopic (exact) mass is 699 g/mol. The number of rotatable bonds is 4. The predicted octanol–water partition coefficient (Wildman–Crippen LogP) is 14.3. The maximum atomic E-state index is 6.21. The molecule has 1 atom stereocenters. The van der Waals surface area contributed by atoms with Crippen LogP contribution in [0.4, 0.5) is 0 Å². The number of para-hydroxylation sites is 3. The zero-order chi connectivity index (χ0) is 36.0. The summed E-state index contributed by atoms with van der Waals surface area (Å²) >= 11 is 0. The summed E-state index contributed by atoms with van der Waals surface area (Å²) in [7, 11) is 0. The summed E-state index contributed by atoms with van der Waals surface area (Å²) in [5.41, 5.74) is 16.9. The largest absolute Gasteiger partial charge is 0.456 e. The van der Waals surface area contributed by atoms with Crippen molar-refractivity contribution in [1.29, 1.82) is 0 Å². The molecule has 55 heavy (non-hydrogen) atoms. The van der Waals surface area contributed by atoms with E-state index in [1.165, 1.54) is 88.3 Å². The van der Waals surface area contributed by atoms with E-state index in [0.717, 1.165) is 21.9 Å². The van der Waals surface area contributed by atoms with E-state index >= 15 is 0 Å². The zero-order valence-electron chi connectivity index (χ0n) is 29.9. The highest BCUT2D eigenvalue weighted by Gasteiger charge is 2.31. The molecule has 2 nitrogen and oxygen atoms in total. The van der Waals surface area contributed by atoms with Gasteiger partial charge in [-0.3, -0.25) is 0 Å². The van der Waals surface area contributed by atoms with E-state index in [1.807, 2.05) is 12.1 Å². The average Bonchev–Trinajstić information content (AvgIpc) is 3.90. The molecule has 11 aromatic rings. The van der Waals surface area contributed by atoms with E-state index in [2.05, 4.69) is 187 Å². The number of hydrogen-bond acceptors (Lipinski definition) is 1. The SMILES string of the molecule is c1ccc(-n2c3ccccc3c3ccc(-c4ccc5c(c4)C(c4cc(-c6ccc7oc8ccccc8c7c6)cc6ccccc46)c4ccccc4-5)cc32)cc1. The lowest BCUT2D eigenvalue weighted by Crippen LogP contribution is -2.01. The maximum absolute atomic E-state index is 6.21. The number of aromatic nitrogens is 1. The first kappa shape index (κ1) is 30.3. The first-order valence-corrected chi connectivity index (χ1v) is 19.0. The molecule has 0 spiro atoms. The van der Waals surface area contributed by atoms with E-state index in [-0.39, 0.29) is 5.92 Å². The lowest BCUT2D eigenvalue weighted by Gasteiger charge is -2.20. The number of benzene rings is 9. The van der Waals surface area contributed by atoms with E-state index in [4.69, 9.17) is 4.42 Å². The number of nitrogens with zero attached hydrogens (tertiary/aromatic N) is 1. The van der Waals surface area contributed by atoms with Gasteiger partial charge in [0.15, 0.2) is 0 Å². The molecule has 9 aromatic carbocycles. The minimum atomic E-state index is 0.0778. The van der Waals surface area contributed by atoms with E-state index in [0.29, 0.717) is 0 Å². The number of hydrogen-bond donors (Lipinski definition) is 0. The van der Waals surface area contributed by atoms with E-state index < -0.39 is 0 Å². The minimum Gasteiger partial charge on any atom is -0.456 e. The molecule has 256 valence electrons. The van der Waals surface area contributed by atoms with Gasteiger partial charge in [-0.25, -0.2) is 0 Å². The second-order valence-electron chi connectivity index (χ2n) is 14.8. The highest BCUT2D eigenvalue weighted by Crippen LogP contribution is 2.51. The zero-order valence-corrected chi connectivity index (χ0v) is 29.9. The third-order valence-electron chi connectivity index (χ3n) is 11.9. The van der Waals surface area contributed by atoms with Gasteiger partial charge < -0.3 is 8.98 Å². The molecule has 1 aliphatic rings. The molecular weight excluding hydrogens is 667 g/mol. The van der Waals surface area contributed by atoms with Crippen molar-refractivity contribution in [1.82, 2.24) is 4.57 Å². The molecule has 0 fully saturated rings. The van der Waals surface area contributed by atoms with Gasteiger partial charge in [0.25, 0.3) is 0 Å². The Balaban J connectivity index is 1.06. The third-order valence-corrected chi connectivity index (χ3v) is 11.9. The molecule has 0 N–H and O–H groups in total. The van der Waals surface area contributed by atoms with Crippen LogP contribution in [0.25, 0.3) is 93.6 Å². The van der Waals surface area contributed by atoms with Crippen molar-refractivity contribution in [3.05, 3.63) is 211 Å². The smallest absolute Gasteiger partial charge is 0.135 e. The van der Waals surface area contributed by atoms with E-state index in [9.17, 15) is 0 Å². The summed E-state index contributed by atoms with van der Waals surface area (Å²) in [6, 6.07) is 71.2. The van der Waals surface area contributed by atoms with Crippen LogP contribution in [0.5, 0.6) is 0 Å². The summed E-state index contributed by atoms with van der Waals surface area (Å²) < 4.78 is 8.62. The van der Waals surface area contributed by atoms with Gasteiger partial charge in [-0.15, -0.1) is 0 Å². The summed E-state index contributed by atoms with van der Waals surface area (Å²) in [5, 5.41) is 7.35. The summed E-state index contributed by atoms with van der Waals surface area (Å²) in [6.45, 7) is 0. The molecule has 2 heterocycles. The Bertz CT molecular complexity index is 3330. The van der Waals surface area contributed by atoms with Crippen LogP contribution >= 0.6 is 0 Å². The fourth-order valence-corrected chi connectivity index (χ4v) is 9.38. The molecule has 1 unspecified atom stereocenters. The van der Waals surface area contributed by atoms with Crippen LogP contribution in [0.1, 0.15) is 22.6 Å². The molecule has 0 radical (unpaired) electrons. The van der Waals surface area contributed by atoms with Crippen molar-refractivity contribution in [3.8, 4) is 39.1 Å². The molecule has 2 aromatic heterocycles. The normalized spacial score (nSPS) is 13.6. The quantitative estimate of drug-likeness (QED) is 0.179. The summed E-state index contributed by atoms with van der Waals surface area (Å²) in [6.07, 6.45) is 0. The number of furan rings is 1.